The summed E-state index contributed by atoms with van der Waals surface area (Å²) in [6.07, 6.45) is -1.06. The van der Waals surface area contributed by atoms with Crippen LogP contribution in [0.15, 0.2) is 18.2 Å². The third-order valence-corrected chi connectivity index (χ3v) is 2.64. The van der Waals surface area contributed by atoms with E-state index in [9.17, 15) is 19.7 Å². The maximum Gasteiger partial charge on any atom is 0.321 e. The molecule has 22 heavy (non-hydrogen) atoms. The molecule has 0 aliphatic heterocycles. The summed E-state index contributed by atoms with van der Waals surface area (Å²) in [4.78, 5) is 33.7. The number of amides is 3. The SMILES string of the molecule is Cc1ccc(O[C@@H](C)C(=O)NC(=O)NC(C)C)c([N+](=O)[O-])c1. The monoisotopic (exact) mass is 309 g/mol. The molecule has 0 fully saturated rings. The van der Waals surface area contributed by atoms with Crippen LogP contribution in [0, 0.1) is 17.0 Å². The predicted molar refractivity (Wildman–Crippen MR) is 79.7 cm³/mol. The lowest BCUT2D eigenvalue weighted by molar-refractivity contribution is -0.386. The number of rotatable bonds is 5. The number of nitro benzene ring substituents is 1. The Balaban J connectivity index is 2.76. The fourth-order valence-electron chi connectivity index (χ4n) is 1.63. The molecule has 1 atom stereocenters. The Labute approximate surface area is 128 Å². The van der Waals surface area contributed by atoms with Crippen molar-refractivity contribution in [2.45, 2.75) is 39.8 Å². The van der Waals surface area contributed by atoms with Gasteiger partial charge in [0, 0.05) is 12.1 Å². The molecule has 120 valence electrons. The largest absolute Gasteiger partial charge is 0.474 e. The molecule has 1 aromatic carbocycles. The first-order valence-electron chi connectivity index (χ1n) is 6.73. The summed E-state index contributed by atoms with van der Waals surface area (Å²) in [7, 11) is 0. The smallest absolute Gasteiger partial charge is 0.321 e. The van der Waals surface area contributed by atoms with Crippen molar-refractivity contribution in [2.75, 3.05) is 0 Å². The Hall–Kier alpha value is -2.64. The molecule has 0 spiro atoms. The molecule has 8 heteroatoms. The molecule has 0 heterocycles. The zero-order chi connectivity index (χ0) is 16.9. The van der Waals surface area contributed by atoms with E-state index in [2.05, 4.69) is 10.6 Å². The van der Waals surface area contributed by atoms with Crippen molar-refractivity contribution in [3.05, 3.63) is 33.9 Å². The van der Waals surface area contributed by atoms with Gasteiger partial charge in [0.05, 0.1) is 4.92 Å². The molecule has 0 saturated carbocycles. The molecule has 0 radical (unpaired) electrons. The number of nitro groups is 1. The van der Waals surface area contributed by atoms with Crippen molar-refractivity contribution >= 4 is 17.6 Å². The van der Waals surface area contributed by atoms with Crippen LogP contribution in [-0.4, -0.2) is 29.0 Å². The highest BCUT2D eigenvalue weighted by atomic mass is 16.6. The molecule has 0 unspecified atom stereocenters. The van der Waals surface area contributed by atoms with Gasteiger partial charge in [-0.15, -0.1) is 0 Å². The number of nitrogens with zero attached hydrogens (tertiary/aromatic N) is 1. The molecule has 1 rings (SSSR count). The number of imide groups is 1. The van der Waals surface area contributed by atoms with Crippen molar-refractivity contribution in [3.63, 3.8) is 0 Å². The van der Waals surface area contributed by atoms with Crippen LogP contribution in [-0.2, 0) is 4.79 Å². The summed E-state index contributed by atoms with van der Waals surface area (Å²) in [5, 5.41) is 15.6. The summed E-state index contributed by atoms with van der Waals surface area (Å²) >= 11 is 0. The lowest BCUT2D eigenvalue weighted by Gasteiger charge is -2.15. The average molecular weight is 309 g/mol. The van der Waals surface area contributed by atoms with Crippen LogP contribution in [0.4, 0.5) is 10.5 Å². The Morgan fingerprint density at radius 3 is 2.45 bits per heavy atom. The molecule has 8 nitrogen and oxygen atoms in total. The fraction of sp³-hybridized carbons (Fsp3) is 0.429. The highest BCUT2D eigenvalue weighted by molar-refractivity contribution is 5.96. The Morgan fingerprint density at radius 2 is 1.91 bits per heavy atom. The summed E-state index contributed by atoms with van der Waals surface area (Å²) in [5.74, 6) is -0.712. The maximum atomic E-state index is 11.8. The van der Waals surface area contributed by atoms with Crippen LogP contribution in [0.1, 0.15) is 26.3 Å². The maximum absolute atomic E-state index is 11.8. The van der Waals surface area contributed by atoms with E-state index in [1.165, 1.54) is 19.1 Å². The topological polar surface area (TPSA) is 111 Å². The van der Waals surface area contributed by atoms with E-state index in [1.54, 1.807) is 26.8 Å². The number of hydrogen-bond acceptors (Lipinski definition) is 5. The minimum absolute atomic E-state index is 0.0254. The van der Waals surface area contributed by atoms with Crippen LogP contribution in [0.2, 0.25) is 0 Å². The first kappa shape index (κ1) is 17.4. The van der Waals surface area contributed by atoms with Crippen molar-refractivity contribution < 1.29 is 19.2 Å². The number of carbonyl (C=O) groups excluding carboxylic acids is 2. The number of carbonyl (C=O) groups is 2. The Morgan fingerprint density at radius 1 is 1.27 bits per heavy atom. The molecular formula is C14H19N3O5. The van der Waals surface area contributed by atoms with E-state index in [0.717, 1.165) is 0 Å². The number of urea groups is 1. The fourth-order valence-corrected chi connectivity index (χ4v) is 1.63. The normalized spacial score (nSPS) is 11.7. The standard InChI is InChI=1S/C14H19N3O5/c1-8(2)15-14(19)16-13(18)10(4)22-12-6-5-9(3)7-11(12)17(20)21/h5-8,10H,1-4H3,(H2,15,16,18,19)/t10-/m0/s1. The van der Waals surface area contributed by atoms with E-state index >= 15 is 0 Å². The van der Waals surface area contributed by atoms with E-state index in [1.807, 2.05) is 0 Å². The molecule has 3 amide bonds. The minimum atomic E-state index is -1.06. The van der Waals surface area contributed by atoms with Gasteiger partial charge in [-0.05, 0) is 39.3 Å². The molecule has 1 aromatic rings. The van der Waals surface area contributed by atoms with Crippen LogP contribution in [0.25, 0.3) is 0 Å². The van der Waals surface area contributed by atoms with Gasteiger partial charge in [0.25, 0.3) is 5.91 Å². The zero-order valence-electron chi connectivity index (χ0n) is 12.9. The molecule has 0 aromatic heterocycles. The molecule has 0 aliphatic rings. The molecular weight excluding hydrogens is 290 g/mol. The lowest BCUT2D eigenvalue weighted by Crippen LogP contribution is -2.47. The summed E-state index contributed by atoms with van der Waals surface area (Å²) < 4.78 is 5.30. The van der Waals surface area contributed by atoms with Gasteiger partial charge in [-0.25, -0.2) is 4.79 Å². The number of hydrogen-bond donors (Lipinski definition) is 2. The van der Waals surface area contributed by atoms with Crippen LogP contribution in [0.3, 0.4) is 0 Å². The second-order valence-corrected chi connectivity index (χ2v) is 5.11. The van der Waals surface area contributed by atoms with E-state index in [-0.39, 0.29) is 17.5 Å². The summed E-state index contributed by atoms with van der Waals surface area (Å²) in [6, 6.07) is 3.64. The highest BCUT2D eigenvalue weighted by Gasteiger charge is 2.22. The van der Waals surface area contributed by atoms with Crippen LogP contribution >= 0.6 is 0 Å². The number of nitrogens with one attached hydrogen (secondary N) is 2. The number of ether oxygens (including phenoxy) is 1. The van der Waals surface area contributed by atoms with E-state index in [4.69, 9.17) is 4.74 Å². The zero-order valence-corrected chi connectivity index (χ0v) is 12.9. The molecule has 0 saturated heterocycles. The number of benzene rings is 1. The second-order valence-electron chi connectivity index (χ2n) is 5.11. The predicted octanol–water partition coefficient (Wildman–Crippen LogP) is 1.90. The van der Waals surface area contributed by atoms with Gasteiger partial charge in [0.2, 0.25) is 0 Å². The van der Waals surface area contributed by atoms with Gasteiger partial charge in [0.1, 0.15) is 0 Å². The Kier molecular flexibility index (Phi) is 5.85. The molecule has 2 N–H and O–H groups in total. The first-order chi connectivity index (χ1) is 10.2. The minimum Gasteiger partial charge on any atom is -0.474 e. The third-order valence-electron chi connectivity index (χ3n) is 2.64. The van der Waals surface area contributed by atoms with Crippen LogP contribution in [0.5, 0.6) is 5.75 Å². The van der Waals surface area contributed by atoms with Gasteiger partial charge in [-0.1, -0.05) is 6.07 Å². The molecule has 0 bridgehead atoms. The quantitative estimate of drug-likeness (QED) is 0.637. The first-order valence-corrected chi connectivity index (χ1v) is 6.73. The van der Waals surface area contributed by atoms with Gasteiger partial charge >= 0.3 is 11.7 Å². The van der Waals surface area contributed by atoms with Crippen molar-refractivity contribution in [3.8, 4) is 5.75 Å². The average Bonchev–Trinajstić information content (AvgIpc) is 2.39. The lowest BCUT2D eigenvalue weighted by atomic mass is 10.2. The van der Waals surface area contributed by atoms with Gasteiger partial charge in [-0.3, -0.25) is 20.2 Å². The summed E-state index contributed by atoms with van der Waals surface area (Å²) in [6.45, 7) is 6.62. The van der Waals surface area contributed by atoms with Crippen molar-refractivity contribution in [2.24, 2.45) is 0 Å². The highest BCUT2D eigenvalue weighted by Crippen LogP contribution is 2.28. The van der Waals surface area contributed by atoms with Gasteiger partial charge in [0.15, 0.2) is 11.9 Å². The van der Waals surface area contributed by atoms with E-state index < -0.39 is 23.0 Å². The van der Waals surface area contributed by atoms with E-state index in [0.29, 0.717) is 5.56 Å². The second kappa shape index (κ2) is 7.39. The van der Waals surface area contributed by atoms with Gasteiger partial charge in [-0.2, -0.15) is 0 Å². The van der Waals surface area contributed by atoms with Crippen molar-refractivity contribution in [1.82, 2.24) is 10.6 Å². The van der Waals surface area contributed by atoms with Crippen LogP contribution < -0.4 is 15.4 Å². The third kappa shape index (κ3) is 5.04. The van der Waals surface area contributed by atoms with Crippen molar-refractivity contribution in [1.29, 1.82) is 0 Å². The van der Waals surface area contributed by atoms with Gasteiger partial charge < -0.3 is 10.1 Å². The number of aryl methyl sites for hydroxylation is 1. The Bertz CT molecular complexity index is 586. The summed E-state index contributed by atoms with van der Waals surface area (Å²) in [5.41, 5.74) is 0.471. The molecule has 0 aliphatic carbocycles.